The lowest BCUT2D eigenvalue weighted by Gasteiger charge is -2.21. The van der Waals surface area contributed by atoms with Crippen molar-refractivity contribution in [3.8, 4) is 0 Å². The molecule has 0 radical (unpaired) electrons. The average Bonchev–Trinajstić information content (AvgIpc) is 3.33. The van der Waals surface area contributed by atoms with Gasteiger partial charge in [0.15, 0.2) is 0 Å². The number of nitrogens with zero attached hydrogens (tertiary/aromatic N) is 1. The third-order valence-corrected chi connectivity index (χ3v) is 4.64. The molecule has 0 amide bonds. The number of esters is 1. The van der Waals surface area contributed by atoms with Gasteiger partial charge in [0, 0.05) is 6.04 Å². The zero-order valence-electron chi connectivity index (χ0n) is 14.6. The molecule has 3 atom stereocenters. The molecular formula is C21H25NO2. The second kappa shape index (κ2) is 7.18. The van der Waals surface area contributed by atoms with Gasteiger partial charge in [0.1, 0.15) is 6.04 Å². The van der Waals surface area contributed by atoms with Crippen molar-refractivity contribution < 1.29 is 9.53 Å². The van der Waals surface area contributed by atoms with Crippen molar-refractivity contribution in [3.63, 3.8) is 0 Å². The second-order valence-corrected chi connectivity index (χ2v) is 6.60. The molecule has 0 N–H and O–H groups in total. The van der Waals surface area contributed by atoms with Gasteiger partial charge >= 0.3 is 5.97 Å². The number of rotatable bonds is 6. The molecule has 3 nitrogen and oxygen atoms in total. The van der Waals surface area contributed by atoms with E-state index in [2.05, 4.69) is 67.3 Å². The van der Waals surface area contributed by atoms with E-state index in [-0.39, 0.29) is 24.1 Å². The van der Waals surface area contributed by atoms with Crippen LogP contribution in [-0.4, -0.2) is 29.6 Å². The van der Waals surface area contributed by atoms with Crippen molar-refractivity contribution in [2.75, 3.05) is 6.61 Å². The Morgan fingerprint density at radius 2 is 1.50 bits per heavy atom. The van der Waals surface area contributed by atoms with E-state index in [4.69, 9.17) is 4.74 Å². The van der Waals surface area contributed by atoms with Crippen molar-refractivity contribution in [1.29, 1.82) is 0 Å². The topological polar surface area (TPSA) is 29.3 Å². The van der Waals surface area contributed by atoms with Crippen molar-refractivity contribution in [1.82, 2.24) is 4.90 Å². The van der Waals surface area contributed by atoms with Crippen molar-refractivity contribution in [2.24, 2.45) is 5.92 Å². The number of hydrogen-bond donors (Lipinski definition) is 0. The molecule has 0 saturated carbocycles. The Hall–Kier alpha value is -2.13. The maximum absolute atomic E-state index is 12.4. The number of carbonyl (C=O) groups excluding carboxylic acids is 1. The Morgan fingerprint density at radius 1 is 1.00 bits per heavy atom. The fourth-order valence-corrected chi connectivity index (χ4v) is 3.60. The molecule has 3 heteroatoms. The van der Waals surface area contributed by atoms with E-state index in [0.29, 0.717) is 12.5 Å². The molecule has 1 unspecified atom stereocenters. The summed E-state index contributed by atoms with van der Waals surface area (Å²) < 4.78 is 5.32. The van der Waals surface area contributed by atoms with E-state index < -0.39 is 0 Å². The molecule has 1 aliphatic heterocycles. The molecule has 24 heavy (non-hydrogen) atoms. The van der Waals surface area contributed by atoms with Gasteiger partial charge in [-0.1, -0.05) is 74.5 Å². The maximum atomic E-state index is 12.4. The van der Waals surface area contributed by atoms with E-state index in [9.17, 15) is 4.79 Å². The van der Waals surface area contributed by atoms with Gasteiger partial charge in [-0.25, -0.2) is 0 Å². The maximum Gasteiger partial charge on any atom is 0.325 e. The zero-order chi connectivity index (χ0) is 17.1. The molecule has 1 saturated heterocycles. The number of ether oxygens (including phenoxy) is 1. The number of benzene rings is 2. The minimum atomic E-state index is -0.157. The minimum absolute atomic E-state index is 0.0780. The van der Waals surface area contributed by atoms with Crippen LogP contribution in [0.3, 0.4) is 0 Å². The second-order valence-electron chi connectivity index (χ2n) is 6.60. The number of carbonyl (C=O) groups is 1. The van der Waals surface area contributed by atoms with Crippen LogP contribution in [0.25, 0.3) is 0 Å². The Labute approximate surface area is 144 Å². The Balaban J connectivity index is 1.98. The van der Waals surface area contributed by atoms with E-state index >= 15 is 0 Å². The van der Waals surface area contributed by atoms with E-state index in [0.717, 1.165) is 0 Å². The van der Waals surface area contributed by atoms with Gasteiger partial charge in [0.2, 0.25) is 0 Å². The minimum Gasteiger partial charge on any atom is -0.465 e. The summed E-state index contributed by atoms with van der Waals surface area (Å²) in [7, 11) is 0. The average molecular weight is 323 g/mol. The van der Waals surface area contributed by atoms with Crippen LogP contribution in [0.2, 0.25) is 0 Å². The Bertz CT molecular complexity index is 629. The van der Waals surface area contributed by atoms with Gasteiger partial charge in [-0.2, -0.15) is 0 Å². The zero-order valence-corrected chi connectivity index (χ0v) is 14.6. The summed E-state index contributed by atoms with van der Waals surface area (Å²) in [6.07, 6.45) is 0. The first-order valence-electron chi connectivity index (χ1n) is 8.69. The van der Waals surface area contributed by atoms with Crippen molar-refractivity contribution in [2.45, 2.75) is 38.9 Å². The lowest BCUT2D eigenvalue weighted by Crippen LogP contribution is -2.20. The molecular weight excluding hydrogens is 298 g/mol. The highest BCUT2D eigenvalue weighted by Crippen LogP contribution is 2.46. The van der Waals surface area contributed by atoms with Crippen molar-refractivity contribution >= 4 is 5.97 Å². The highest BCUT2D eigenvalue weighted by Gasteiger charge is 2.58. The van der Waals surface area contributed by atoms with Crippen LogP contribution in [0.4, 0.5) is 0 Å². The van der Waals surface area contributed by atoms with E-state index in [1.165, 1.54) is 11.1 Å². The smallest absolute Gasteiger partial charge is 0.325 e. The SMILES string of the molecule is CCOC(=O)[C@H]1[C@@H](C(C)C)N1C(c1ccccc1)c1ccccc1. The molecule has 1 aliphatic rings. The lowest BCUT2D eigenvalue weighted by molar-refractivity contribution is -0.143. The first-order chi connectivity index (χ1) is 11.6. The third-order valence-electron chi connectivity index (χ3n) is 4.64. The molecule has 126 valence electrons. The fourth-order valence-electron chi connectivity index (χ4n) is 3.60. The van der Waals surface area contributed by atoms with Crippen LogP contribution < -0.4 is 0 Å². The highest BCUT2D eigenvalue weighted by molar-refractivity contribution is 5.80. The van der Waals surface area contributed by atoms with Gasteiger partial charge in [0.25, 0.3) is 0 Å². The largest absolute Gasteiger partial charge is 0.465 e. The quantitative estimate of drug-likeness (QED) is 0.593. The summed E-state index contributed by atoms with van der Waals surface area (Å²) in [4.78, 5) is 14.7. The van der Waals surface area contributed by atoms with Crippen LogP contribution in [0.1, 0.15) is 37.9 Å². The van der Waals surface area contributed by atoms with Gasteiger partial charge in [-0.15, -0.1) is 0 Å². The predicted octanol–water partition coefficient (Wildman–Crippen LogP) is 4.05. The molecule has 0 spiro atoms. The lowest BCUT2D eigenvalue weighted by atomic mass is 9.98. The summed E-state index contributed by atoms with van der Waals surface area (Å²) in [5.74, 6) is 0.294. The molecule has 0 bridgehead atoms. The molecule has 0 aromatic heterocycles. The molecule has 2 aromatic carbocycles. The first kappa shape index (κ1) is 16.7. The summed E-state index contributed by atoms with van der Waals surface area (Å²) >= 11 is 0. The van der Waals surface area contributed by atoms with E-state index in [1.54, 1.807) is 0 Å². The highest BCUT2D eigenvalue weighted by atomic mass is 16.5. The van der Waals surface area contributed by atoms with Gasteiger partial charge in [-0.3, -0.25) is 9.69 Å². The number of hydrogen-bond acceptors (Lipinski definition) is 3. The molecule has 2 aromatic rings. The third kappa shape index (κ3) is 3.22. The monoisotopic (exact) mass is 323 g/mol. The van der Waals surface area contributed by atoms with Crippen LogP contribution in [-0.2, 0) is 9.53 Å². The van der Waals surface area contributed by atoms with Crippen molar-refractivity contribution in [3.05, 3.63) is 71.8 Å². The van der Waals surface area contributed by atoms with Crippen LogP contribution in [0.15, 0.2) is 60.7 Å². The normalized spacial score (nSPS) is 22.6. The molecule has 3 rings (SSSR count). The fraction of sp³-hybridized carbons (Fsp3) is 0.381. The van der Waals surface area contributed by atoms with Crippen LogP contribution in [0, 0.1) is 5.92 Å². The van der Waals surface area contributed by atoms with Crippen LogP contribution >= 0.6 is 0 Å². The summed E-state index contributed by atoms with van der Waals surface area (Å²) in [5, 5.41) is 0. The Kier molecular flexibility index (Phi) is 5.00. The summed E-state index contributed by atoms with van der Waals surface area (Å²) in [5.41, 5.74) is 2.42. The van der Waals surface area contributed by atoms with Gasteiger partial charge in [0.05, 0.1) is 12.6 Å². The summed E-state index contributed by atoms with van der Waals surface area (Å²) in [6, 6.07) is 20.9. The molecule has 1 heterocycles. The standard InChI is InChI=1S/C21H25NO2/c1-4-24-21(23)20-18(15(2)3)22(20)19(16-11-7-5-8-12-16)17-13-9-6-10-14-17/h5-15,18-20H,4H2,1-3H3/t18-,20-,22?/m1/s1. The molecule has 1 fully saturated rings. The summed E-state index contributed by atoms with van der Waals surface area (Å²) in [6.45, 7) is 6.63. The predicted molar refractivity (Wildman–Crippen MR) is 95.6 cm³/mol. The molecule has 0 aliphatic carbocycles. The first-order valence-corrected chi connectivity index (χ1v) is 8.69. The van der Waals surface area contributed by atoms with Gasteiger partial charge < -0.3 is 4.74 Å². The van der Waals surface area contributed by atoms with E-state index in [1.807, 2.05) is 19.1 Å². The Morgan fingerprint density at radius 3 is 1.92 bits per heavy atom. The van der Waals surface area contributed by atoms with Crippen LogP contribution in [0.5, 0.6) is 0 Å². The van der Waals surface area contributed by atoms with Gasteiger partial charge in [-0.05, 0) is 24.0 Å².